The molecule has 0 radical (unpaired) electrons. The summed E-state index contributed by atoms with van der Waals surface area (Å²) in [6.07, 6.45) is 2.66. The molecule has 0 saturated heterocycles. The van der Waals surface area contributed by atoms with Gasteiger partial charge in [0.05, 0.1) is 5.69 Å². The topological polar surface area (TPSA) is 34.2 Å². The number of anilines is 1. The van der Waals surface area contributed by atoms with Gasteiger partial charge in [0, 0.05) is 22.9 Å². The molecule has 1 aromatic heterocycles. The van der Waals surface area contributed by atoms with Crippen molar-refractivity contribution in [2.75, 3.05) is 11.9 Å². The SMILES string of the molecule is CCCNc1ccnc(COc2cc(Br)cc(F)c2F)c1. The van der Waals surface area contributed by atoms with Gasteiger partial charge in [-0.05, 0) is 30.7 Å². The van der Waals surface area contributed by atoms with Crippen molar-refractivity contribution in [3.8, 4) is 5.75 Å². The number of aromatic nitrogens is 1. The van der Waals surface area contributed by atoms with Crippen LogP contribution in [-0.2, 0) is 6.61 Å². The number of ether oxygens (including phenoxy) is 1. The molecule has 112 valence electrons. The van der Waals surface area contributed by atoms with Gasteiger partial charge in [0.15, 0.2) is 11.6 Å². The van der Waals surface area contributed by atoms with Gasteiger partial charge in [-0.2, -0.15) is 4.39 Å². The van der Waals surface area contributed by atoms with Gasteiger partial charge in [0.25, 0.3) is 0 Å². The Morgan fingerprint density at radius 3 is 2.86 bits per heavy atom. The molecule has 0 aliphatic carbocycles. The van der Waals surface area contributed by atoms with E-state index in [4.69, 9.17) is 4.74 Å². The molecule has 1 N–H and O–H groups in total. The predicted octanol–water partition coefficient (Wildman–Crippen LogP) is 4.52. The first-order chi connectivity index (χ1) is 10.1. The van der Waals surface area contributed by atoms with Crippen LogP contribution in [0, 0.1) is 11.6 Å². The molecule has 0 saturated carbocycles. The Kier molecular flexibility index (Phi) is 5.50. The minimum Gasteiger partial charge on any atom is -0.484 e. The van der Waals surface area contributed by atoms with Crippen LogP contribution in [0.3, 0.4) is 0 Å². The second kappa shape index (κ2) is 7.36. The fourth-order valence-electron chi connectivity index (χ4n) is 1.73. The monoisotopic (exact) mass is 356 g/mol. The van der Waals surface area contributed by atoms with Crippen LogP contribution in [0.15, 0.2) is 34.9 Å². The van der Waals surface area contributed by atoms with E-state index >= 15 is 0 Å². The van der Waals surface area contributed by atoms with Gasteiger partial charge in [0.1, 0.15) is 6.61 Å². The van der Waals surface area contributed by atoms with Crippen molar-refractivity contribution >= 4 is 21.6 Å². The molecule has 1 heterocycles. The van der Waals surface area contributed by atoms with E-state index in [1.807, 2.05) is 12.1 Å². The Bertz CT molecular complexity index is 623. The lowest BCUT2D eigenvalue weighted by Gasteiger charge is -2.09. The standard InChI is InChI=1S/C15H15BrF2N2O/c1-2-4-19-11-3-5-20-12(8-11)9-21-14-7-10(16)6-13(17)15(14)18/h3,5-8H,2,4,9H2,1H3,(H,19,20). The third kappa shape index (κ3) is 4.39. The zero-order valence-electron chi connectivity index (χ0n) is 11.5. The van der Waals surface area contributed by atoms with Crippen LogP contribution >= 0.6 is 15.9 Å². The van der Waals surface area contributed by atoms with E-state index in [0.717, 1.165) is 24.7 Å². The predicted molar refractivity (Wildman–Crippen MR) is 81.4 cm³/mol. The Balaban J connectivity index is 2.06. The summed E-state index contributed by atoms with van der Waals surface area (Å²) in [5, 5.41) is 3.23. The Hall–Kier alpha value is -1.69. The largest absolute Gasteiger partial charge is 0.484 e. The van der Waals surface area contributed by atoms with Crippen LogP contribution in [0.5, 0.6) is 5.75 Å². The number of rotatable bonds is 6. The molecule has 0 aliphatic rings. The van der Waals surface area contributed by atoms with Crippen molar-refractivity contribution in [3.05, 3.63) is 52.3 Å². The zero-order chi connectivity index (χ0) is 15.2. The summed E-state index contributed by atoms with van der Waals surface area (Å²) >= 11 is 3.10. The Labute approximate surface area is 130 Å². The number of nitrogens with one attached hydrogen (secondary N) is 1. The Morgan fingerprint density at radius 1 is 1.29 bits per heavy atom. The normalized spacial score (nSPS) is 10.5. The van der Waals surface area contributed by atoms with Gasteiger partial charge >= 0.3 is 0 Å². The molecule has 21 heavy (non-hydrogen) atoms. The highest BCUT2D eigenvalue weighted by atomic mass is 79.9. The van der Waals surface area contributed by atoms with Crippen LogP contribution in [0.4, 0.5) is 14.5 Å². The molecule has 2 rings (SSSR count). The van der Waals surface area contributed by atoms with E-state index in [1.54, 1.807) is 6.20 Å². The number of halogens is 3. The number of pyridine rings is 1. The summed E-state index contributed by atoms with van der Waals surface area (Å²) in [6, 6.07) is 6.10. The first-order valence-corrected chi connectivity index (χ1v) is 7.35. The van der Waals surface area contributed by atoms with Crippen molar-refractivity contribution in [1.29, 1.82) is 0 Å². The third-order valence-electron chi connectivity index (χ3n) is 2.73. The molecule has 1 aromatic carbocycles. The molecule has 0 aliphatic heterocycles. The molecular formula is C15H15BrF2N2O. The molecule has 3 nitrogen and oxygen atoms in total. The van der Waals surface area contributed by atoms with Gasteiger partial charge in [-0.1, -0.05) is 22.9 Å². The first-order valence-electron chi connectivity index (χ1n) is 6.56. The molecule has 0 amide bonds. The van der Waals surface area contributed by atoms with Crippen LogP contribution in [0.25, 0.3) is 0 Å². The molecule has 0 unspecified atom stereocenters. The fraction of sp³-hybridized carbons (Fsp3) is 0.267. The number of hydrogen-bond donors (Lipinski definition) is 1. The minimum absolute atomic E-state index is 0.0639. The Morgan fingerprint density at radius 2 is 2.10 bits per heavy atom. The summed E-state index contributed by atoms with van der Waals surface area (Å²) in [5.74, 6) is -2.10. The zero-order valence-corrected chi connectivity index (χ0v) is 13.1. The highest BCUT2D eigenvalue weighted by Crippen LogP contribution is 2.26. The summed E-state index contributed by atoms with van der Waals surface area (Å²) in [5.41, 5.74) is 1.56. The van der Waals surface area contributed by atoms with Gasteiger partial charge in [-0.15, -0.1) is 0 Å². The van der Waals surface area contributed by atoms with E-state index in [9.17, 15) is 8.78 Å². The maximum atomic E-state index is 13.6. The van der Waals surface area contributed by atoms with Crippen molar-refractivity contribution in [3.63, 3.8) is 0 Å². The summed E-state index contributed by atoms with van der Waals surface area (Å²) in [4.78, 5) is 4.14. The molecule has 0 fully saturated rings. The molecule has 0 atom stereocenters. The lowest BCUT2D eigenvalue weighted by molar-refractivity contribution is 0.280. The maximum Gasteiger partial charge on any atom is 0.200 e. The second-order valence-electron chi connectivity index (χ2n) is 4.45. The molecule has 0 bridgehead atoms. The molecule has 2 aromatic rings. The number of benzene rings is 1. The third-order valence-corrected chi connectivity index (χ3v) is 3.19. The van der Waals surface area contributed by atoms with Gasteiger partial charge < -0.3 is 10.1 Å². The number of hydrogen-bond acceptors (Lipinski definition) is 3. The summed E-state index contributed by atoms with van der Waals surface area (Å²) < 4.78 is 32.6. The van der Waals surface area contributed by atoms with E-state index in [-0.39, 0.29) is 12.4 Å². The van der Waals surface area contributed by atoms with E-state index < -0.39 is 11.6 Å². The van der Waals surface area contributed by atoms with Gasteiger partial charge in [0.2, 0.25) is 5.82 Å². The fourth-order valence-corrected chi connectivity index (χ4v) is 2.13. The van der Waals surface area contributed by atoms with E-state index in [1.165, 1.54) is 6.07 Å². The van der Waals surface area contributed by atoms with Crippen LogP contribution in [0.1, 0.15) is 19.0 Å². The highest BCUT2D eigenvalue weighted by Gasteiger charge is 2.11. The molecular weight excluding hydrogens is 342 g/mol. The molecule has 0 spiro atoms. The van der Waals surface area contributed by atoms with Gasteiger partial charge in [-0.3, -0.25) is 4.98 Å². The lowest BCUT2D eigenvalue weighted by atomic mass is 10.3. The highest BCUT2D eigenvalue weighted by molar-refractivity contribution is 9.10. The summed E-state index contributed by atoms with van der Waals surface area (Å²) in [7, 11) is 0. The lowest BCUT2D eigenvalue weighted by Crippen LogP contribution is -2.04. The average Bonchev–Trinajstić information content (AvgIpc) is 2.47. The smallest absolute Gasteiger partial charge is 0.200 e. The second-order valence-corrected chi connectivity index (χ2v) is 5.37. The summed E-state index contributed by atoms with van der Waals surface area (Å²) in [6.45, 7) is 2.99. The van der Waals surface area contributed by atoms with E-state index in [2.05, 4.69) is 33.2 Å². The van der Waals surface area contributed by atoms with Crippen molar-refractivity contribution in [1.82, 2.24) is 4.98 Å². The quantitative estimate of drug-likeness (QED) is 0.772. The first kappa shape index (κ1) is 15.7. The minimum atomic E-state index is -1.00. The maximum absolute atomic E-state index is 13.6. The van der Waals surface area contributed by atoms with Gasteiger partial charge in [-0.25, -0.2) is 4.39 Å². The van der Waals surface area contributed by atoms with Crippen LogP contribution < -0.4 is 10.1 Å². The van der Waals surface area contributed by atoms with E-state index in [0.29, 0.717) is 10.2 Å². The van der Waals surface area contributed by atoms with Crippen molar-refractivity contribution in [2.24, 2.45) is 0 Å². The van der Waals surface area contributed by atoms with Crippen LogP contribution in [0.2, 0.25) is 0 Å². The van der Waals surface area contributed by atoms with Crippen LogP contribution in [-0.4, -0.2) is 11.5 Å². The molecule has 6 heteroatoms. The van der Waals surface area contributed by atoms with Crippen molar-refractivity contribution in [2.45, 2.75) is 20.0 Å². The van der Waals surface area contributed by atoms with Crippen molar-refractivity contribution < 1.29 is 13.5 Å². The number of nitrogens with zero attached hydrogens (tertiary/aromatic N) is 1. The average molecular weight is 357 g/mol.